The van der Waals surface area contributed by atoms with Crippen LogP contribution in [0.2, 0.25) is 0 Å². The van der Waals surface area contributed by atoms with E-state index < -0.39 is 0 Å². The number of thioether (sulfide) groups is 2. The molecule has 1 N–H and O–H groups in total. The average molecular weight is 323 g/mol. The Morgan fingerprint density at radius 3 is 2.24 bits per heavy atom. The fourth-order valence-electron chi connectivity index (χ4n) is 1.76. The van der Waals surface area contributed by atoms with Crippen LogP contribution >= 0.6 is 23.5 Å². The molecule has 0 saturated heterocycles. The Labute approximate surface area is 135 Å². The second kappa shape index (κ2) is 9.68. The van der Waals surface area contributed by atoms with Crippen molar-refractivity contribution in [3.8, 4) is 0 Å². The van der Waals surface area contributed by atoms with Gasteiger partial charge in [-0.2, -0.15) is 0 Å². The van der Waals surface area contributed by atoms with E-state index >= 15 is 0 Å². The number of hydrogen-bond acceptors (Lipinski definition) is 4. The van der Waals surface area contributed by atoms with E-state index in [-0.39, 0.29) is 11.7 Å². The second-order valence-electron chi connectivity index (χ2n) is 4.42. The number of rotatable bonds is 8. The summed E-state index contributed by atoms with van der Waals surface area (Å²) >= 11 is 2.97. The molecular weight excluding hydrogens is 302 g/mol. The van der Waals surface area contributed by atoms with Gasteiger partial charge < -0.3 is 5.32 Å². The van der Waals surface area contributed by atoms with Gasteiger partial charge in [0.25, 0.3) is 5.91 Å². The molecular formula is C16H21NO2S2. The standard InChI is InChI=1S/C16H21NO2S2/c1-4-5-11-13(18)14(16(20-2)21-3)17-15(19)12-9-7-6-8-10-12/h6-10H,4-5,11H2,1-3H3,(H,17,19). The Morgan fingerprint density at radius 2 is 1.71 bits per heavy atom. The van der Waals surface area contributed by atoms with Crippen molar-refractivity contribution in [3.05, 3.63) is 45.8 Å². The van der Waals surface area contributed by atoms with Gasteiger partial charge in [-0.25, -0.2) is 0 Å². The molecule has 0 saturated carbocycles. The minimum absolute atomic E-state index is 0.000156. The molecule has 114 valence electrons. The summed E-state index contributed by atoms with van der Waals surface area (Å²) in [6, 6.07) is 8.94. The summed E-state index contributed by atoms with van der Waals surface area (Å²) in [7, 11) is 0. The van der Waals surface area contributed by atoms with Gasteiger partial charge in [-0.15, -0.1) is 23.5 Å². The van der Waals surface area contributed by atoms with Crippen molar-refractivity contribution in [1.29, 1.82) is 0 Å². The number of amides is 1. The molecule has 0 aliphatic carbocycles. The van der Waals surface area contributed by atoms with Gasteiger partial charge in [0.05, 0.1) is 4.24 Å². The molecule has 0 bridgehead atoms. The zero-order valence-corrected chi connectivity index (χ0v) is 14.3. The molecule has 0 atom stereocenters. The summed E-state index contributed by atoms with van der Waals surface area (Å²) in [6.45, 7) is 2.04. The minimum atomic E-state index is -0.240. The highest BCUT2D eigenvalue weighted by molar-refractivity contribution is 8.21. The monoisotopic (exact) mass is 323 g/mol. The Kier molecular flexibility index (Phi) is 8.23. The van der Waals surface area contributed by atoms with Crippen LogP contribution in [0.15, 0.2) is 40.3 Å². The molecule has 1 rings (SSSR count). The van der Waals surface area contributed by atoms with Gasteiger partial charge in [0.2, 0.25) is 0 Å². The normalized spacial score (nSPS) is 10.0. The van der Waals surface area contributed by atoms with Crippen LogP contribution in [0.5, 0.6) is 0 Å². The topological polar surface area (TPSA) is 46.2 Å². The highest BCUT2D eigenvalue weighted by Crippen LogP contribution is 2.27. The van der Waals surface area contributed by atoms with Crippen molar-refractivity contribution in [1.82, 2.24) is 5.32 Å². The summed E-state index contributed by atoms with van der Waals surface area (Å²) in [5.74, 6) is -0.240. The van der Waals surface area contributed by atoms with Crippen LogP contribution in [0.25, 0.3) is 0 Å². The number of ketones is 1. The van der Waals surface area contributed by atoms with E-state index in [0.717, 1.165) is 17.1 Å². The molecule has 0 unspecified atom stereocenters. The van der Waals surface area contributed by atoms with Crippen LogP contribution in [0.3, 0.4) is 0 Å². The third-order valence-corrected chi connectivity index (χ3v) is 5.04. The maximum atomic E-state index is 12.3. The van der Waals surface area contributed by atoms with Gasteiger partial charge in [0.15, 0.2) is 5.78 Å². The molecule has 1 aromatic rings. The maximum absolute atomic E-state index is 12.3. The zero-order chi connectivity index (χ0) is 15.7. The molecule has 1 amide bonds. The Bertz CT molecular complexity index is 506. The third kappa shape index (κ3) is 5.59. The average Bonchev–Trinajstić information content (AvgIpc) is 2.53. The molecule has 0 aliphatic rings. The summed E-state index contributed by atoms with van der Waals surface area (Å²) in [4.78, 5) is 24.6. The first-order valence-corrected chi connectivity index (χ1v) is 9.30. The predicted molar refractivity (Wildman–Crippen MR) is 92.5 cm³/mol. The molecule has 0 heterocycles. The van der Waals surface area contributed by atoms with Crippen LogP contribution in [0, 0.1) is 0 Å². The fourth-order valence-corrected chi connectivity index (χ4v) is 3.16. The molecule has 3 nitrogen and oxygen atoms in total. The fraction of sp³-hybridized carbons (Fsp3) is 0.375. The van der Waals surface area contributed by atoms with E-state index in [9.17, 15) is 9.59 Å². The summed E-state index contributed by atoms with van der Waals surface area (Å²) < 4.78 is 0.848. The number of nitrogens with one attached hydrogen (secondary N) is 1. The van der Waals surface area contributed by atoms with E-state index in [2.05, 4.69) is 5.32 Å². The van der Waals surface area contributed by atoms with E-state index in [1.165, 1.54) is 23.5 Å². The Morgan fingerprint density at radius 1 is 1.10 bits per heavy atom. The smallest absolute Gasteiger partial charge is 0.255 e. The molecule has 21 heavy (non-hydrogen) atoms. The number of Topliss-reactive ketones (excluding diaryl/α,β-unsaturated/α-hetero) is 1. The minimum Gasteiger partial charge on any atom is -0.318 e. The predicted octanol–water partition coefficient (Wildman–Crippen LogP) is 4.07. The van der Waals surface area contributed by atoms with Crippen molar-refractivity contribution in [3.63, 3.8) is 0 Å². The molecule has 0 aromatic heterocycles. The highest BCUT2D eigenvalue weighted by atomic mass is 32.2. The first kappa shape index (κ1) is 17.9. The summed E-state index contributed by atoms with van der Waals surface area (Å²) in [5, 5.41) is 2.79. The molecule has 0 spiro atoms. The zero-order valence-electron chi connectivity index (χ0n) is 12.6. The molecule has 0 aliphatic heterocycles. The molecule has 5 heteroatoms. The lowest BCUT2D eigenvalue weighted by Gasteiger charge is -2.13. The van der Waals surface area contributed by atoms with Gasteiger partial charge in [0, 0.05) is 12.0 Å². The van der Waals surface area contributed by atoms with Gasteiger partial charge in [-0.3, -0.25) is 9.59 Å². The van der Waals surface area contributed by atoms with Gasteiger partial charge in [-0.05, 0) is 31.1 Å². The molecule has 0 radical (unpaired) electrons. The largest absolute Gasteiger partial charge is 0.318 e. The van der Waals surface area contributed by atoms with Crippen molar-refractivity contribution in [2.24, 2.45) is 0 Å². The molecule has 1 aromatic carbocycles. The van der Waals surface area contributed by atoms with Crippen LogP contribution in [0.4, 0.5) is 0 Å². The number of carbonyl (C=O) groups is 2. The highest BCUT2D eigenvalue weighted by Gasteiger charge is 2.18. The third-order valence-electron chi connectivity index (χ3n) is 2.89. The van der Waals surface area contributed by atoms with Gasteiger partial charge in [-0.1, -0.05) is 31.5 Å². The number of carbonyl (C=O) groups excluding carboxylic acids is 2. The quantitative estimate of drug-likeness (QED) is 0.733. The maximum Gasteiger partial charge on any atom is 0.255 e. The summed E-state index contributed by atoms with van der Waals surface area (Å²) in [5.41, 5.74) is 0.983. The Balaban J connectivity index is 2.95. The number of hydrogen-bond donors (Lipinski definition) is 1. The number of allylic oxidation sites excluding steroid dienone is 1. The van der Waals surface area contributed by atoms with Crippen molar-refractivity contribution in [2.75, 3.05) is 12.5 Å². The molecule has 0 fully saturated rings. The van der Waals surface area contributed by atoms with Gasteiger partial charge in [0.1, 0.15) is 5.70 Å². The Hall–Kier alpha value is -1.20. The van der Waals surface area contributed by atoms with E-state index in [1.54, 1.807) is 24.3 Å². The lowest BCUT2D eigenvalue weighted by atomic mass is 10.1. The SMILES string of the molecule is CCCCC(=O)C(NC(=O)c1ccccc1)=C(SC)SC. The van der Waals surface area contributed by atoms with Crippen LogP contribution in [-0.2, 0) is 4.79 Å². The first-order valence-electron chi connectivity index (χ1n) is 6.85. The van der Waals surface area contributed by atoms with Crippen molar-refractivity contribution < 1.29 is 9.59 Å². The lowest BCUT2D eigenvalue weighted by molar-refractivity contribution is -0.116. The van der Waals surface area contributed by atoms with Crippen LogP contribution in [0.1, 0.15) is 36.5 Å². The van der Waals surface area contributed by atoms with E-state index in [0.29, 0.717) is 17.7 Å². The van der Waals surface area contributed by atoms with Gasteiger partial charge >= 0.3 is 0 Å². The lowest BCUT2D eigenvalue weighted by Crippen LogP contribution is -2.28. The number of unbranched alkanes of at least 4 members (excludes halogenated alkanes) is 1. The van der Waals surface area contributed by atoms with E-state index in [1.807, 2.05) is 25.5 Å². The summed E-state index contributed by atoms with van der Waals surface area (Å²) in [6.07, 6.45) is 6.08. The van der Waals surface area contributed by atoms with Crippen molar-refractivity contribution >= 4 is 35.2 Å². The number of benzene rings is 1. The van der Waals surface area contributed by atoms with E-state index in [4.69, 9.17) is 0 Å². The first-order chi connectivity index (χ1) is 10.1. The van der Waals surface area contributed by atoms with Crippen LogP contribution < -0.4 is 5.32 Å². The van der Waals surface area contributed by atoms with Crippen LogP contribution in [-0.4, -0.2) is 24.2 Å². The van der Waals surface area contributed by atoms with Crippen molar-refractivity contribution in [2.45, 2.75) is 26.2 Å². The second-order valence-corrected chi connectivity index (χ2v) is 6.31.